The first-order valence-corrected chi connectivity index (χ1v) is 10.9. The molecule has 0 amide bonds. The molecule has 78 valence electrons. The zero-order valence-corrected chi connectivity index (χ0v) is 11.9. The first-order valence-electron chi connectivity index (χ1n) is 5.13. The number of hydrogen-bond donors (Lipinski definition) is 0. The minimum Gasteiger partial charge on any atom is -0.416 e. The molecule has 0 aliphatic heterocycles. The molecule has 0 heterocycles. The monoisotopic (exact) mass is 224 g/mol. The summed E-state index contributed by atoms with van der Waals surface area (Å²) in [5.74, 6) is 0. The molecule has 0 N–H and O–H groups in total. The second-order valence-corrected chi connectivity index (χ2v) is 11.5. The molecule has 1 nitrogen and oxygen atoms in total. The van der Waals surface area contributed by atoms with Crippen molar-refractivity contribution in [1.29, 1.82) is 0 Å². The van der Waals surface area contributed by atoms with Crippen LogP contribution in [-0.2, 0) is 4.43 Å². The van der Waals surface area contributed by atoms with Crippen molar-refractivity contribution in [2.24, 2.45) is 0 Å². The Morgan fingerprint density at radius 1 is 1.07 bits per heavy atom. The molecular formula is C11H20OSi2. The van der Waals surface area contributed by atoms with Gasteiger partial charge in [0.05, 0.1) is 8.80 Å². The van der Waals surface area contributed by atoms with Crippen molar-refractivity contribution in [2.45, 2.75) is 26.2 Å². The second kappa shape index (κ2) is 4.42. The Morgan fingerprint density at radius 3 is 1.93 bits per heavy atom. The Labute approximate surface area is 89.9 Å². The van der Waals surface area contributed by atoms with Crippen LogP contribution in [0.4, 0.5) is 0 Å². The van der Waals surface area contributed by atoms with Gasteiger partial charge in [0.25, 0.3) is 0 Å². The summed E-state index contributed by atoms with van der Waals surface area (Å²) < 4.78 is 5.57. The first-order chi connectivity index (χ1) is 6.47. The predicted octanol–water partition coefficient (Wildman–Crippen LogP) is 1.44. The van der Waals surface area contributed by atoms with Crippen LogP contribution in [0.25, 0.3) is 0 Å². The van der Waals surface area contributed by atoms with Crippen molar-refractivity contribution in [3.05, 3.63) is 24.3 Å². The maximum Gasteiger partial charge on any atom is 0.217 e. The van der Waals surface area contributed by atoms with Crippen molar-refractivity contribution in [2.75, 3.05) is 7.11 Å². The Kier molecular flexibility index (Phi) is 3.69. The quantitative estimate of drug-likeness (QED) is 0.706. The maximum atomic E-state index is 5.57. The third-order valence-electron chi connectivity index (χ3n) is 2.78. The van der Waals surface area contributed by atoms with Crippen molar-refractivity contribution in [1.82, 2.24) is 0 Å². The van der Waals surface area contributed by atoms with Crippen LogP contribution < -0.4 is 10.4 Å². The van der Waals surface area contributed by atoms with Crippen molar-refractivity contribution >= 4 is 27.5 Å². The summed E-state index contributed by atoms with van der Waals surface area (Å²) in [5.41, 5.74) is 0. The Balaban J connectivity index is 2.94. The largest absolute Gasteiger partial charge is 0.416 e. The normalized spacial score (nSPS) is 12.1. The SMILES string of the molecule is CO[Si](C)(C)c1ccc([SiH](C)C)cc1. The predicted molar refractivity (Wildman–Crippen MR) is 69.1 cm³/mol. The molecule has 0 aliphatic rings. The van der Waals surface area contributed by atoms with E-state index in [1.807, 2.05) is 7.11 Å². The van der Waals surface area contributed by atoms with E-state index in [4.69, 9.17) is 4.43 Å². The van der Waals surface area contributed by atoms with Crippen molar-refractivity contribution in [3.63, 3.8) is 0 Å². The summed E-state index contributed by atoms with van der Waals surface area (Å²) in [7, 11) is -0.417. The lowest BCUT2D eigenvalue weighted by Gasteiger charge is -2.20. The molecule has 1 aromatic rings. The summed E-state index contributed by atoms with van der Waals surface area (Å²) in [6.45, 7) is 9.17. The Bertz CT molecular complexity index is 291. The molecule has 0 fully saturated rings. The summed E-state index contributed by atoms with van der Waals surface area (Å²) in [5, 5.41) is 2.92. The number of hydrogen-bond acceptors (Lipinski definition) is 1. The third kappa shape index (κ3) is 2.56. The van der Waals surface area contributed by atoms with Crippen LogP contribution in [0, 0.1) is 0 Å². The average molecular weight is 224 g/mol. The van der Waals surface area contributed by atoms with E-state index in [9.17, 15) is 0 Å². The van der Waals surface area contributed by atoms with Crippen LogP contribution in [0.3, 0.4) is 0 Å². The molecule has 14 heavy (non-hydrogen) atoms. The van der Waals surface area contributed by atoms with Gasteiger partial charge in [-0.05, 0) is 18.3 Å². The van der Waals surface area contributed by atoms with Gasteiger partial charge in [-0.1, -0.05) is 42.5 Å². The van der Waals surface area contributed by atoms with E-state index in [2.05, 4.69) is 50.5 Å². The summed E-state index contributed by atoms with van der Waals surface area (Å²) >= 11 is 0. The molecule has 3 heteroatoms. The van der Waals surface area contributed by atoms with Gasteiger partial charge in [0.15, 0.2) is 0 Å². The zero-order valence-electron chi connectivity index (χ0n) is 9.79. The summed E-state index contributed by atoms with van der Waals surface area (Å²) in [4.78, 5) is 0. The highest BCUT2D eigenvalue weighted by Crippen LogP contribution is 2.02. The standard InChI is InChI=1S/C11H20OSi2/c1-12-14(4,5)11-8-6-10(7-9-11)13(2)3/h6-9,13H,1-5H3. The fourth-order valence-corrected chi connectivity index (χ4v) is 3.55. The van der Waals surface area contributed by atoms with Crippen LogP contribution >= 0.6 is 0 Å². The highest BCUT2D eigenvalue weighted by molar-refractivity contribution is 6.84. The molecule has 0 aliphatic carbocycles. The van der Waals surface area contributed by atoms with E-state index >= 15 is 0 Å². The van der Waals surface area contributed by atoms with Gasteiger partial charge in [0.1, 0.15) is 0 Å². The van der Waals surface area contributed by atoms with Gasteiger partial charge in [-0.25, -0.2) is 0 Å². The summed E-state index contributed by atoms with van der Waals surface area (Å²) in [6.07, 6.45) is 0. The lowest BCUT2D eigenvalue weighted by molar-refractivity contribution is 0.416. The van der Waals surface area contributed by atoms with Gasteiger partial charge < -0.3 is 4.43 Å². The van der Waals surface area contributed by atoms with Crippen LogP contribution in [0.2, 0.25) is 26.2 Å². The topological polar surface area (TPSA) is 9.23 Å². The van der Waals surface area contributed by atoms with Crippen LogP contribution in [0.15, 0.2) is 24.3 Å². The number of benzene rings is 1. The summed E-state index contributed by atoms with van der Waals surface area (Å²) in [6, 6.07) is 9.05. The van der Waals surface area contributed by atoms with Crippen LogP contribution in [0.1, 0.15) is 0 Å². The van der Waals surface area contributed by atoms with E-state index in [0.29, 0.717) is 0 Å². The van der Waals surface area contributed by atoms with E-state index in [0.717, 1.165) is 0 Å². The molecule has 0 unspecified atom stereocenters. The van der Waals surface area contributed by atoms with E-state index < -0.39 is 17.1 Å². The Morgan fingerprint density at radius 2 is 1.57 bits per heavy atom. The smallest absolute Gasteiger partial charge is 0.217 e. The van der Waals surface area contributed by atoms with Gasteiger partial charge in [-0.3, -0.25) is 0 Å². The van der Waals surface area contributed by atoms with E-state index in [1.165, 1.54) is 10.4 Å². The second-order valence-electron chi connectivity index (χ2n) is 4.49. The molecule has 0 bridgehead atoms. The van der Waals surface area contributed by atoms with Gasteiger partial charge in [-0.15, -0.1) is 0 Å². The molecule has 0 spiro atoms. The van der Waals surface area contributed by atoms with Crippen molar-refractivity contribution in [3.8, 4) is 0 Å². The maximum absolute atomic E-state index is 5.57. The van der Waals surface area contributed by atoms with E-state index in [-0.39, 0.29) is 0 Å². The highest BCUT2D eigenvalue weighted by Gasteiger charge is 2.23. The molecule has 0 radical (unpaired) electrons. The molecule has 0 atom stereocenters. The van der Waals surface area contributed by atoms with Crippen LogP contribution in [0.5, 0.6) is 0 Å². The van der Waals surface area contributed by atoms with Gasteiger partial charge in [0.2, 0.25) is 8.32 Å². The molecule has 0 saturated carbocycles. The zero-order chi connectivity index (χ0) is 10.8. The van der Waals surface area contributed by atoms with Gasteiger partial charge >= 0.3 is 0 Å². The van der Waals surface area contributed by atoms with E-state index in [1.54, 1.807) is 0 Å². The van der Waals surface area contributed by atoms with Gasteiger partial charge in [0, 0.05) is 7.11 Å². The lowest BCUT2D eigenvalue weighted by atomic mass is 10.4. The third-order valence-corrected chi connectivity index (χ3v) is 7.25. The van der Waals surface area contributed by atoms with Crippen molar-refractivity contribution < 1.29 is 4.43 Å². The first kappa shape index (κ1) is 11.7. The molecule has 1 aromatic carbocycles. The highest BCUT2D eigenvalue weighted by atomic mass is 28.4. The molecular weight excluding hydrogens is 204 g/mol. The number of rotatable bonds is 3. The molecule has 1 rings (SSSR count). The minimum absolute atomic E-state index is 0.638. The average Bonchev–Trinajstić information content (AvgIpc) is 2.18. The fourth-order valence-electron chi connectivity index (χ4n) is 1.39. The van der Waals surface area contributed by atoms with Crippen LogP contribution in [-0.4, -0.2) is 24.2 Å². The fraction of sp³-hybridized carbons (Fsp3) is 0.455. The molecule has 0 saturated heterocycles. The van der Waals surface area contributed by atoms with Gasteiger partial charge in [-0.2, -0.15) is 0 Å². The lowest BCUT2D eigenvalue weighted by Crippen LogP contribution is -2.44. The Hall–Kier alpha value is -0.386. The molecule has 0 aromatic heterocycles. The minimum atomic E-state index is -1.60.